The molecule has 0 aromatic carbocycles. The minimum atomic E-state index is -0.345. The van der Waals surface area contributed by atoms with Crippen LogP contribution in [-0.2, 0) is 14.3 Å². The van der Waals surface area contributed by atoms with E-state index >= 15 is 0 Å². The molecular weight excluding hydrogens is 244 g/mol. The van der Waals surface area contributed by atoms with Crippen LogP contribution in [0.3, 0.4) is 0 Å². The van der Waals surface area contributed by atoms with Gasteiger partial charge in [-0.05, 0) is 12.8 Å². The molecule has 2 heterocycles. The Hall–Kier alpha value is -1.08. The van der Waals surface area contributed by atoms with Crippen molar-refractivity contribution in [2.45, 2.75) is 18.9 Å². The zero-order valence-electron chi connectivity index (χ0n) is 9.31. The summed E-state index contributed by atoms with van der Waals surface area (Å²) in [5.74, 6) is -0.477. The fraction of sp³-hybridized carbons (Fsp3) is 0.700. The Bertz CT molecular complexity index is 325. The van der Waals surface area contributed by atoms with Crippen molar-refractivity contribution in [1.82, 2.24) is 10.2 Å². The van der Waals surface area contributed by atoms with Crippen LogP contribution < -0.4 is 5.32 Å². The van der Waals surface area contributed by atoms with Gasteiger partial charge in [-0.1, -0.05) is 11.8 Å². The third-order valence-corrected chi connectivity index (χ3v) is 3.55. The molecule has 6 nitrogen and oxygen atoms in total. The van der Waals surface area contributed by atoms with Gasteiger partial charge in [-0.25, -0.2) is 0 Å². The van der Waals surface area contributed by atoms with Gasteiger partial charge >= 0.3 is 0 Å². The molecule has 0 aromatic rings. The van der Waals surface area contributed by atoms with E-state index in [1.165, 1.54) is 0 Å². The fourth-order valence-electron chi connectivity index (χ4n) is 1.77. The Morgan fingerprint density at radius 1 is 1.53 bits per heavy atom. The van der Waals surface area contributed by atoms with Crippen molar-refractivity contribution in [3.8, 4) is 0 Å². The van der Waals surface area contributed by atoms with Crippen LogP contribution in [0.4, 0.5) is 4.79 Å². The molecule has 1 N–H and O–H groups in total. The Morgan fingerprint density at radius 3 is 2.94 bits per heavy atom. The van der Waals surface area contributed by atoms with E-state index in [-0.39, 0.29) is 35.5 Å². The lowest BCUT2D eigenvalue weighted by Crippen LogP contribution is -2.41. The van der Waals surface area contributed by atoms with Crippen LogP contribution in [0.2, 0.25) is 0 Å². The third-order valence-electron chi connectivity index (χ3n) is 2.69. The monoisotopic (exact) mass is 258 g/mol. The number of imide groups is 1. The number of carbonyl (C=O) groups excluding carboxylic acids is 3. The van der Waals surface area contributed by atoms with Crippen LogP contribution in [0, 0.1) is 0 Å². The van der Waals surface area contributed by atoms with Gasteiger partial charge in [-0.3, -0.25) is 19.3 Å². The van der Waals surface area contributed by atoms with Gasteiger partial charge in [0.05, 0.1) is 11.9 Å². The second-order valence-electron chi connectivity index (χ2n) is 3.97. The molecule has 2 saturated heterocycles. The van der Waals surface area contributed by atoms with Crippen molar-refractivity contribution in [3.05, 3.63) is 0 Å². The summed E-state index contributed by atoms with van der Waals surface area (Å²) in [5, 5.41) is 2.33. The topological polar surface area (TPSA) is 75.7 Å². The Balaban J connectivity index is 1.73. The summed E-state index contributed by atoms with van der Waals surface area (Å²) in [6, 6.07) is 0. The minimum absolute atomic E-state index is 0.0679. The molecule has 0 aliphatic carbocycles. The van der Waals surface area contributed by atoms with Gasteiger partial charge in [0.2, 0.25) is 11.8 Å². The first kappa shape index (κ1) is 12.4. The van der Waals surface area contributed by atoms with Crippen LogP contribution in [0.25, 0.3) is 0 Å². The first-order valence-electron chi connectivity index (χ1n) is 5.52. The highest BCUT2D eigenvalue weighted by molar-refractivity contribution is 8.14. The summed E-state index contributed by atoms with van der Waals surface area (Å²) in [6.07, 6.45) is 2.02. The summed E-state index contributed by atoms with van der Waals surface area (Å²) in [4.78, 5) is 35.0. The molecule has 94 valence electrons. The van der Waals surface area contributed by atoms with Crippen molar-refractivity contribution in [2.75, 3.05) is 25.4 Å². The lowest BCUT2D eigenvalue weighted by atomic mass is 10.2. The van der Waals surface area contributed by atoms with Crippen LogP contribution >= 0.6 is 11.8 Å². The molecule has 2 aliphatic rings. The summed E-state index contributed by atoms with van der Waals surface area (Å²) >= 11 is 0.932. The maximum atomic E-state index is 11.5. The van der Waals surface area contributed by atoms with Crippen molar-refractivity contribution in [2.24, 2.45) is 0 Å². The van der Waals surface area contributed by atoms with Crippen LogP contribution in [0.5, 0.6) is 0 Å². The fourth-order valence-corrected chi connectivity index (χ4v) is 2.49. The van der Waals surface area contributed by atoms with Crippen molar-refractivity contribution >= 4 is 28.8 Å². The number of nitrogens with one attached hydrogen (secondary N) is 1. The number of hydrogen-bond donors (Lipinski definition) is 1. The van der Waals surface area contributed by atoms with E-state index in [1.54, 1.807) is 0 Å². The Labute approximate surface area is 103 Å². The van der Waals surface area contributed by atoms with Gasteiger partial charge < -0.3 is 10.1 Å². The molecule has 2 aliphatic heterocycles. The van der Waals surface area contributed by atoms with Gasteiger partial charge in [0.15, 0.2) is 0 Å². The summed E-state index contributed by atoms with van der Waals surface area (Å²) in [6.45, 7) is 1.000. The van der Waals surface area contributed by atoms with E-state index in [2.05, 4.69) is 5.32 Å². The summed E-state index contributed by atoms with van der Waals surface area (Å²) < 4.78 is 5.35. The Morgan fingerprint density at radius 2 is 2.35 bits per heavy atom. The van der Waals surface area contributed by atoms with Crippen molar-refractivity contribution in [1.29, 1.82) is 0 Å². The van der Waals surface area contributed by atoms with E-state index in [4.69, 9.17) is 4.74 Å². The zero-order valence-corrected chi connectivity index (χ0v) is 10.1. The number of rotatable bonds is 4. The van der Waals surface area contributed by atoms with E-state index in [1.807, 2.05) is 0 Å². The molecule has 0 unspecified atom stereocenters. The number of hydrogen-bond acceptors (Lipinski definition) is 5. The molecular formula is C10H14N2O4S. The molecule has 3 amide bonds. The highest BCUT2D eigenvalue weighted by Crippen LogP contribution is 2.18. The molecule has 2 fully saturated rings. The molecule has 7 heteroatoms. The maximum absolute atomic E-state index is 11.5. The quantitative estimate of drug-likeness (QED) is 0.766. The third kappa shape index (κ3) is 3.19. The van der Waals surface area contributed by atoms with Gasteiger partial charge in [0.25, 0.3) is 5.24 Å². The predicted octanol–water partition coefficient (Wildman–Crippen LogP) is -0.0230. The van der Waals surface area contributed by atoms with E-state index in [0.29, 0.717) is 6.54 Å². The second-order valence-corrected chi connectivity index (χ2v) is 4.90. The molecule has 0 spiro atoms. The highest BCUT2D eigenvalue weighted by atomic mass is 32.2. The first-order chi connectivity index (χ1) is 8.16. The van der Waals surface area contributed by atoms with Gasteiger partial charge in [0.1, 0.15) is 6.54 Å². The highest BCUT2D eigenvalue weighted by Gasteiger charge is 2.31. The summed E-state index contributed by atoms with van der Waals surface area (Å²) in [5.41, 5.74) is 0. The van der Waals surface area contributed by atoms with Gasteiger partial charge in [-0.15, -0.1) is 0 Å². The first-order valence-corrected chi connectivity index (χ1v) is 6.51. The lowest BCUT2D eigenvalue weighted by molar-refractivity contribution is -0.130. The number of amides is 3. The lowest BCUT2D eigenvalue weighted by Gasteiger charge is -2.14. The molecule has 0 aromatic heterocycles. The van der Waals surface area contributed by atoms with E-state index in [0.717, 1.165) is 36.1 Å². The molecule has 0 radical (unpaired) electrons. The van der Waals surface area contributed by atoms with E-state index < -0.39 is 0 Å². The maximum Gasteiger partial charge on any atom is 0.289 e. The van der Waals surface area contributed by atoms with Crippen molar-refractivity contribution < 1.29 is 19.1 Å². The molecule has 2 rings (SSSR count). The molecule has 0 bridgehead atoms. The molecule has 0 saturated carbocycles. The van der Waals surface area contributed by atoms with Crippen LogP contribution in [0.15, 0.2) is 0 Å². The number of nitrogens with zero attached hydrogens (tertiary/aromatic N) is 1. The van der Waals surface area contributed by atoms with Gasteiger partial charge in [0, 0.05) is 13.2 Å². The number of ether oxygens (including phenoxy) is 1. The SMILES string of the molecule is O=C(CN1C(=O)CSC1=O)NC[C@H]1CCCO1. The van der Waals surface area contributed by atoms with Crippen LogP contribution in [-0.4, -0.2) is 53.5 Å². The molecule has 17 heavy (non-hydrogen) atoms. The Kier molecular flexibility index (Phi) is 4.01. The largest absolute Gasteiger partial charge is 0.376 e. The number of carbonyl (C=O) groups is 3. The normalized spacial score (nSPS) is 24.5. The average Bonchev–Trinajstić information content (AvgIpc) is 2.91. The smallest absolute Gasteiger partial charge is 0.289 e. The standard InChI is InChI=1S/C10H14N2O4S/c13-8(11-4-7-2-1-3-16-7)5-12-9(14)6-17-10(12)15/h7H,1-6H2,(H,11,13)/t7-/m1/s1. The second kappa shape index (κ2) is 5.50. The van der Waals surface area contributed by atoms with Gasteiger partial charge in [-0.2, -0.15) is 0 Å². The summed E-state index contributed by atoms with van der Waals surface area (Å²) in [7, 11) is 0. The zero-order chi connectivity index (χ0) is 12.3. The van der Waals surface area contributed by atoms with E-state index in [9.17, 15) is 14.4 Å². The number of thioether (sulfide) groups is 1. The average molecular weight is 258 g/mol. The molecule has 1 atom stereocenters. The van der Waals surface area contributed by atoms with Crippen LogP contribution in [0.1, 0.15) is 12.8 Å². The minimum Gasteiger partial charge on any atom is -0.376 e. The van der Waals surface area contributed by atoms with Crippen molar-refractivity contribution in [3.63, 3.8) is 0 Å². The predicted molar refractivity (Wildman–Crippen MR) is 61.6 cm³/mol.